The zero-order valence-electron chi connectivity index (χ0n) is 35.3. The van der Waals surface area contributed by atoms with Crippen LogP contribution < -0.4 is 5.73 Å². The van der Waals surface area contributed by atoms with Gasteiger partial charge in [0.2, 0.25) is 5.79 Å². The smallest absolute Gasteiger partial charge is 0.210 e. The number of ether oxygens (including phenoxy) is 8. The predicted octanol–water partition coefficient (Wildman–Crippen LogP) is 7.37. The van der Waals surface area contributed by atoms with Crippen molar-refractivity contribution < 1.29 is 47.8 Å². The number of hydrogen-bond acceptors (Lipinski definition) is 11. The van der Waals surface area contributed by atoms with Crippen LogP contribution in [0.3, 0.4) is 0 Å². The standard InChI is InChI=1S/C29H42O7.C8H14O.C4H11NO.C2H6.CH4O/c1-18-13-23(32-17-18)6-10-29-9-5-20(8-12-33-29)26-16-27(36-29)28-25(35-26)4-3-24(34-28)15-22(30)14-21-7-11-31-19(21)2;1-3-8-5-4-7(2)6-9-8;1-4(3-5)6-2;2*1-2/h8,12,19-21,23-28H,1,3-7,9-11,13-17H2,2H3;8H,2-6H2,1H3;4H,3,5H2,1-2H3;1-2H3;2H,1H3/t19-,20?,21?,23?,24?,25?,26?,27?,28-,29+;8-;;;/m00.../s1. The van der Waals surface area contributed by atoms with Crippen molar-refractivity contribution in [3.05, 3.63) is 36.6 Å². The molecule has 7 rings (SSSR count). The number of hydrogen-bond donors (Lipinski definition) is 2. The maximum absolute atomic E-state index is 12.9. The number of nitrogens with two attached hydrogens (primary N) is 1. The number of aliphatic hydroxyl groups excluding tert-OH is 1. The molecule has 55 heavy (non-hydrogen) atoms. The van der Waals surface area contributed by atoms with Crippen LogP contribution in [0.15, 0.2) is 36.6 Å². The first-order valence-electron chi connectivity index (χ1n) is 21.3. The van der Waals surface area contributed by atoms with E-state index in [1.165, 1.54) is 24.0 Å². The van der Waals surface area contributed by atoms with Gasteiger partial charge in [-0.3, -0.25) is 4.79 Å². The Bertz CT molecular complexity index is 1150. The van der Waals surface area contributed by atoms with Crippen LogP contribution in [0.4, 0.5) is 0 Å². The van der Waals surface area contributed by atoms with Gasteiger partial charge >= 0.3 is 0 Å². The minimum Gasteiger partial charge on any atom is -0.470 e. The van der Waals surface area contributed by atoms with E-state index in [2.05, 4.69) is 33.1 Å². The van der Waals surface area contributed by atoms with Crippen molar-refractivity contribution in [1.82, 2.24) is 0 Å². The molecule has 0 amide bonds. The number of rotatable bonds is 10. The van der Waals surface area contributed by atoms with Crippen molar-refractivity contribution in [3.63, 3.8) is 0 Å². The molecule has 0 aromatic rings. The summed E-state index contributed by atoms with van der Waals surface area (Å²) in [5.74, 6) is 0.288. The molecule has 11 heteroatoms. The van der Waals surface area contributed by atoms with Crippen LogP contribution in [-0.2, 0) is 42.7 Å². The first-order chi connectivity index (χ1) is 26.6. The largest absolute Gasteiger partial charge is 0.470 e. The lowest BCUT2D eigenvalue weighted by Crippen LogP contribution is -2.59. The van der Waals surface area contributed by atoms with E-state index in [9.17, 15) is 4.79 Å². The van der Waals surface area contributed by atoms with Crippen LogP contribution in [0.25, 0.3) is 0 Å². The lowest BCUT2D eigenvalue weighted by Gasteiger charge is -2.50. The Morgan fingerprint density at radius 1 is 0.964 bits per heavy atom. The molecule has 6 saturated heterocycles. The third-order valence-corrected chi connectivity index (χ3v) is 11.9. The molecule has 318 valence electrons. The first-order valence-corrected chi connectivity index (χ1v) is 21.3. The maximum Gasteiger partial charge on any atom is 0.210 e. The minimum atomic E-state index is -0.666. The molecule has 0 radical (unpaired) electrons. The molecule has 0 saturated carbocycles. The van der Waals surface area contributed by atoms with Gasteiger partial charge in [-0.25, -0.2) is 0 Å². The van der Waals surface area contributed by atoms with Gasteiger partial charge in [0.1, 0.15) is 11.9 Å². The van der Waals surface area contributed by atoms with Gasteiger partial charge in [0.05, 0.1) is 68.3 Å². The minimum absolute atomic E-state index is 0.00893. The molecule has 0 aromatic carbocycles. The van der Waals surface area contributed by atoms with Crippen molar-refractivity contribution in [2.75, 3.05) is 40.6 Å². The molecule has 3 N–H and O–H groups in total. The summed E-state index contributed by atoms with van der Waals surface area (Å²) in [4.78, 5) is 12.9. The topological polar surface area (TPSA) is 137 Å². The second-order valence-corrected chi connectivity index (χ2v) is 15.9. The highest BCUT2D eigenvalue weighted by Crippen LogP contribution is 2.45. The predicted molar refractivity (Wildman–Crippen MR) is 216 cm³/mol. The van der Waals surface area contributed by atoms with Crippen molar-refractivity contribution in [1.29, 1.82) is 0 Å². The number of carbonyl (C=O) groups is 1. The summed E-state index contributed by atoms with van der Waals surface area (Å²) in [6, 6.07) is 0. The molecule has 0 spiro atoms. The molecule has 11 nitrogen and oxygen atoms in total. The fourth-order valence-electron chi connectivity index (χ4n) is 8.36. The van der Waals surface area contributed by atoms with E-state index in [0.29, 0.717) is 43.9 Å². The van der Waals surface area contributed by atoms with Crippen LogP contribution >= 0.6 is 0 Å². The van der Waals surface area contributed by atoms with Crippen LogP contribution in [0.2, 0.25) is 0 Å². The lowest BCUT2D eigenvalue weighted by atomic mass is 9.82. The quantitative estimate of drug-likeness (QED) is 0.215. The number of methoxy groups -OCH3 is 1. The summed E-state index contributed by atoms with van der Waals surface area (Å²) >= 11 is 0. The number of carbonyl (C=O) groups excluding carboxylic acids is 1. The van der Waals surface area contributed by atoms with Crippen molar-refractivity contribution >= 4 is 5.78 Å². The van der Waals surface area contributed by atoms with Crippen LogP contribution in [0.1, 0.15) is 125 Å². The summed E-state index contributed by atoms with van der Waals surface area (Å²) in [6.45, 7) is 20.9. The second kappa shape index (κ2) is 25.0. The fraction of sp³-hybridized carbons (Fsp3) is 0.841. The van der Waals surface area contributed by atoms with E-state index < -0.39 is 5.79 Å². The monoisotopic (exact) mass is 780 g/mol. The Labute approximate surface area is 333 Å². The van der Waals surface area contributed by atoms with E-state index in [4.69, 9.17) is 48.7 Å². The van der Waals surface area contributed by atoms with Gasteiger partial charge in [0.25, 0.3) is 0 Å². The molecule has 7 heterocycles. The molecule has 6 fully saturated rings. The molecule has 4 bridgehead atoms. The van der Waals surface area contributed by atoms with Gasteiger partial charge in [-0.1, -0.05) is 39.5 Å². The Morgan fingerprint density at radius 3 is 2.31 bits per heavy atom. The van der Waals surface area contributed by atoms with Crippen LogP contribution in [0, 0.1) is 11.8 Å². The fourth-order valence-corrected chi connectivity index (χ4v) is 8.36. The van der Waals surface area contributed by atoms with Gasteiger partial charge in [0.15, 0.2) is 0 Å². The molecule has 0 aromatic heterocycles. The molecular formula is C44H77NO10. The van der Waals surface area contributed by atoms with Gasteiger partial charge in [0, 0.05) is 65.4 Å². The van der Waals surface area contributed by atoms with E-state index in [0.717, 1.165) is 84.5 Å². The van der Waals surface area contributed by atoms with E-state index in [-0.39, 0.29) is 54.6 Å². The molecule has 12 atom stereocenters. The number of aliphatic hydroxyl groups is 1. The van der Waals surface area contributed by atoms with Gasteiger partial charge in [-0.05, 0) is 89.2 Å². The Balaban J connectivity index is 0.000000355. The number of fused-ring (bicyclic) bond motifs is 8. The van der Waals surface area contributed by atoms with E-state index in [1.807, 2.05) is 27.0 Å². The second-order valence-electron chi connectivity index (χ2n) is 15.9. The van der Waals surface area contributed by atoms with Crippen LogP contribution in [0.5, 0.6) is 0 Å². The van der Waals surface area contributed by atoms with Gasteiger partial charge in [-0.2, -0.15) is 0 Å². The Kier molecular flexibility index (Phi) is 21.6. The number of Topliss-reactive ketones (excluding diaryl/α,β-unsaturated/α-hetero) is 1. The zero-order valence-corrected chi connectivity index (χ0v) is 35.3. The summed E-state index contributed by atoms with van der Waals surface area (Å²) in [5.41, 5.74) is 7.57. The summed E-state index contributed by atoms with van der Waals surface area (Å²) < 4.78 is 48.2. The molecular weight excluding hydrogens is 702 g/mol. The average molecular weight is 780 g/mol. The average Bonchev–Trinajstić information content (AvgIpc) is 3.77. The molecule has 0 aliphatic carbocycles. The van der Waals surface area contributed by atoms with E-state index in [1.54, 1.807) is 7.11 Å². The van der Waals surface area contributed by atoms with Crippen molar-refractivity contribution in [2.24, 2.45) is 17.6 Å². The summed E-state index contributed by atoms with van der Waals surface area (Å²) in [6.07, 6.45) is 17.4. The van der Waals surface area contributed by atoms with Gasteiger partial charge < -0.3 is 48.7 Å². The normalized spacial score (nSPS) is 36.6. The molecule has 8 unspecified atom stereocenters. The summed E-state index contributed by atoms with van der Waals surface area (Å²) in [5, 5.41) is 7.00. The number of ketones is 1. The maximum atomic E-state index is 12.9. The molecule has 7 aliphatic rings. The first kappa shape index (κ1) is 47.7. The third-order valence-electron chi connectivity index (χ3n) is 11.9. The van der Waals surface area contributed by atoms with Gasteiger partial charge in [-0.15, -0.1) is 0 Å². The van der Waals surface area contributed by atoms with Crippen LogP contribution in [-0.4, -0.2) is 112 Å². The summed E-state index contributed by atoms with van der Waals surface area (Å²) in [7, 11) is 2.65. The third kappa shape index (κ3) is 14.9. The van der Waals surface area contributed by atoms with E-state index >= 15 is 0 Å². The highest BCUT2D eigenvalue weighted by Gasteiger charge is 2.52. The lowest BCUT2D eigenvalue weighted by molar-refractivity contribution is -0.314. The SMILES string of the molecule is C=C1CC[C@H](CC)OC1.C=C1COC(CC[C@]23CCC(C=CO2)C2CC(O3)[C@H]3OC(CC(=O)CC4CCO[C@H]4C)CCC3O2)C1.CC.CO.COC(C)CN. The zero-order chi connectivity index (χ0) is 40.4. The highest BCUT2D eigenvalue weighted by atomic mass is 16.7. The van der Waals surface area contributed by atoms with Crippen molar-refractivity contribution in [2.45, 2.75) is 185 Å². The van der Waals surface area contributed by atoms with Crippen molar-refractivity contribution in [3.8, 4) is 0 Å². The molecule has 7 aliphatic heterocycles. The Hall–Kier alpha value is -1.67. The Morgan fingerprint density at radius 2 is 1.71 bits per heavy atom. The highest BCUT2D eigenvalue weighted by molar-refractivity contribution is 5.79.